The smallest absolute Gasteiger partial charge is 0.318 e. The first-order valence-corrected chi connectivity index (χ1v) is 5.68. The van der Waals surface area contributed by atoms with Crippen LogP contribution in [-0.4, -0.2) is 11.9 Å². The summed E-state index contributed by atoms with van der Waals surface area (Å²) < 4.78 is 4.77. The Balaban J connectivity index is 2.04. The first kappa shape index (κ1) is 9.13. The van der Waals surface area contributed by atoms with E-state index in [0.29, 0.717) is 0 Å². The zero-order chi connectivity index (χ0) is 10.6. The van der Waals surface area contributed by atoms with Crippen molar-refractivity contribution in [2.24, 2.45) is 23.7 Å². The van der Waals surface area contributed by atoms with Crippen LogP contribution in [0.5, 0.6) is 0 Å². The minimum absolute atomic E-state index is 0.156. The summed E-state index contributed by atoms with van der Waals surface area (Å²) in [6.07, 6.45) is 5.30. The summed E-state index contributed by atoms with van der Waals surface area (Å²) in [7, 11) is 0. The number of cyclic esters (lactones) is 2. The fraction of sp³-hybridized carbons (Fsp3) is 0.667. The SMILES string of the molecule is CCC1=CC2CCC1C1C(=O)OC(=O)C21. The van der Waals surface area contributed by atoms with Crippen LogP contribution in [0.15, 0.2) is 11.6 Å². The first-order chi connectivity index (χ1) is 7.22. The number of fused-ring (bicyclic) bond motifs is 1. The van der Waals surface area contributed by atoms with Gasteiger partial charge in [0.05, 0.1) is 11.8 Å². The molecule has 15 heavy (non-hydrogen) atoms. The maximum atomic E-state index is 11.6. The molecule has 1 heterocycles. The van der Waals surface area contributed by atoms with Crippen LogP contribution in [0.2, 0.25) is 0 Å². The first-order valence-electron chi connectivity index (χ1n) is 5.68. The molecule has 1 saturated carbocycles. The molecule has 3 nitrogen and oxygen atoms in total. The molecule has 1 aliphatic heterocycles. The monoisotopic (exact) mass is 206 g/mol. The third kappa shape index (κ3) is 1.06. The number of hydrogen-bond acceptors (Lipinski definition) is 3. The molecule has 0 aromatic carbocycles. The second-order valence-corrected chi connectivity index (χ2v) is 4.73. The number of rotatable bonds is 1. The summed E-state index contributed by atoms with van der Waals surface area (Å²) in [4.78, 5) is 23.1. The van der Waals surface area contributed by atoms with Crippen molar-refractivity contribution >= 4 is 11.9 Å². The van der Waals surface area contributed by atoms with Crippen molar-refractivity contribution in [1.82, 2.24) is 0 Å². The number of carbonyl (C=O) groups excluding carboxylic acids is 2. The minimum atomic E-state index is -0.286. The van der Waals surface area contributed by atoms with Gasteiger partial charge in [-0.05, 0) is 31.1 Å². The van der Waals surface area contributed by atoms with Crippen molar-refractivity contribution < 1.29 is 14.3 Å². The van der Waals surface area contributed by atoms with E-state index in [2.05, 4.69) is 13.0 Å². The molecule has 0 radical (unpaired) electrons. The summed E-state index contributed by atoms with van der Waals surface area (Å²) in [5.41, 5.74) is 1.36. The van der Waals surface area contributed by atoms with Crippen molar-refractivity contribution in [2.75, 3.05) is 0 Å². The predicted molar refractivity (Wildman–Crippen MR) is 52.7 cm³/mol. The molecule has 2 bridgehead atoms. The maximum absolute atomic E-state index is 11.6. The van der Waals surface area contributed by atoms with E-state index in [9.17, 15) is 9.59 Å². The largest absolute Gasteiger partial charge is 0.393 e. The molecular formula is C12H14O3. The van der Waals surface area contributed by atoms with Crippen LogP contribution in [0.1, 0.15) is 26.2 Å². The molecule has 4 rings (SSSR count). The average molecular weight is 206 g/mol. The molecule has 80 valence electrons. The third-order valence-corrected chi connectivity index (χ3v) is 4.15. The molecule has 3 aliphatic carbocycles. The van der Waals surface area contributed by atoms with Crippen LogP contribution in [0.4, 0.5) is 0 Å². The Labute approximate surface area is 88.5 Å². The van der Waals surface area contributed by atoms with Gasteiger partial charge in [-0.2, -0.15) is 0 Å². The van der Waals surface area contributed by atoms with E-state index in [-0.39, 0.29) is 35.6 Å². The van der Waals surface area contributed by atoms with Crippen molar-refractivity contribution in [3.63, 3.8) is 0 Å². The number of carbonyl (C=O) groups is 2. The molecule has 4 unspecified atom stereocenters. The van der Waals surface area contributed by atoms with Gasteiger partial charge in [-0.1, -0.05) is 18.6 Å². The number of ether oxygens (including phenoxy) is 1. The van der Waals surface area contributed by atoms with Gasteiger partial charge in [-0.25, -0.2) is 0 Å². The maximum Gasteiger partial charge on any atom is 0.318 e. The summed E-state index contributed by atoms with van der Waals surface area (Å²) in [6.45, 7) is 2.11. The van der Waals surface area contributed by atoms with Crippen LogP contribution >= 0.6 is 0 Å². The normalized spacial score (nSPS) is 42.6. The Bertz CT molecular complexity index is 369. The van der Waals surface area contributed by atoms with Gasteiger partial charge in [0.25, 0.3) is 0 Å². The lowest BCUT2D eigenvalue weighted by atomic mass is 9.60. The Kier molecular flexibility index (Phi) is 1.79. The van der Waals surface area contributed by atoms with Gasteiger partial charge in [-0.3, -0.25) is 9.59 Å². The fourth-order valence-corrected chi connectivity index (χ4v) is 3.50. The summed E-state index contributed by atoms with van der Waals surface area (Å²) in [5.74, 6) is -0.342. The summed E-state index contributed by atoms with van der Waals surface area (Å²) in [5, 5.41) is 0. The Morgan fingerprint density at radius 2 is 2.00 bits per heavy atom. The molecule has 3 heteroatoms. The average Bonchev–Trinajstić information content (AvgIpc) is 2.57. The number of esters is 2. The molecule has 0 spiro atoms. The Hall–Kier alpha value is -1.12. The van der Waals surface area contributed by atoms with Crippen molar-refractivity contribution in [3.8, 4) is 0 Å². The molecule has 0 N–H and O–H groups in total. The van der Waals surface area contributed by atoms with Gasteiger partial charge < -0.3 is 4.74 Å². The second-order valence-electron chi connectivity index (χ2n) is 4.73. The van der Waals surface area contributed by atoms with Crippen molar-refractivity contribution in [2.45, 2.75) is 26.2 Å². The molecule has 0 aromatic rings. The zero-order valence-corrected chi connectivity index (χ0v) is 8.73. The second kappa shape index (κ2) is 2.94. The predicted octanol–water partition coefficient (Wildman–Crippen LogP) is 1.68. The van der Waals surface area contributed by atoms with Gasteiger partial charge in [0, 0.05) is 0 Å². The Morgan fingerprint density at radius 1 is 1.27 bits per heavy atom. The third-order valence-electron chi connectivity index (χ3n) is 4.15. The molecule has 4 atom stereocenters. The topological polar surface area (TPSA) is 43.4 Å². The number of allylic oxidation sites excluding steroid dienone is 2. The van der Waals surface area contributed by atoms with E-state index in [1.807, 2.05) is 0 Å². The highest BCUT2D eigenvalue weighted by Gasteiger charge is 2.56. The highest BCUT2D eigenvalue weighted by Crippen LogP contribution is 2.52. The molecule has 4 aliphatic rings. The summed E-state index contributed by atoms with van der Waals surface area (Å²) in [6, 6.07) is 0. The van der Waals surface area contributed by atoms with Gasteiger partial charge in [0.1, 0.15) is 0 Å². The zero-order valence-electron chi connectivity index (χ0n) is 8.73. The highest BCUT2D eigenvalue weighted by atomic mass is 16.6. The van der Waals surface area contributed by atoms with E-state index in [0.717, 1.165) is 19.3 Å². The van der Waals surface area contributed by atoms with Crippen LogP contribution < -0.4 is 0 Å². The summed E-state index contributed by atoms with van der Waals surface area (Å²) >= 11 is 0. The van der Waals surface area contributed by atoms with E-state index < -0.39 is 0 Å². The van der Waals surface area contributed by atoms with E-state index in [1.165, 1.54) is 5.57 Å². The van der Waals surface area contributed by atoms with Gasteiger partial charge in [0.2, 0.25) is 0 Å². The van der Waals surface area contributed by atoms with E-state index in [1.54, 1.807) is 0 Å². The van der Waals surface area contributed by atoms with Gasteiger partial charge in [0.15, 0.2) is 0 Å². The number of hydrogen-bond donors (Lipinski definition) is 0. The van der Waals surface area contributed by atoms with E-state index in [4.69, 9.17) is 4.74 Å². The van der Waals surface area contributed by atoms with Crippen molar-refractivity contribution in [3.05, 3.63) is 11.6 Å². The minimum Gasteiger partial charge on any atom is -0.393 e. The molecule has 0 amide bonds. The quantitative estimate of drug-likeness (QED) is 0.372. The Morgan fingerprint density at radius 3 is 2.73 bits per heavy atom. The lowest BCUT2D eigenvalue weighted by Crippen LogP contribution is -2.40. The van der Waals surface area contributed by atoms with Gasteiger partial charge in [-0.15, -0.1) is 0 Å². The highest BCUT2D eigenvalue weighted by molar-refractivity contribution is 5.97. The van der Waals surface area contributed by atoms with Crippen LogP contribution in [0.3, 0.4) is 0 Å². The molecule has 1 saturated heterocycles. The van der Waals surface area contributed by atoms with Crippen LogP contribution in [0.25, 0.3) is 0 Å². The van der Waals surface area contributed by atoms with Crippen LogP contribution in [0, 0.1) is 23.7 Å². The molecular weight excluding hydrogens is 192 g/mol. The molecule has 2 fully saturated rings. The van der Waals surface area contributed by atoms with E-state index >= 15 is 0 Å². The fourth-order valence-electron chi connectivity index (χ4n) is 3.50. The standard InChI is InChI=1S/C12H14O3/c1-2-6-5-7-3-4-8(6)10-9(7)11(13)15-12(10)14/h5,7-10H,2-4H2,1H3. The lowest BCUT2D eigenvalue weighted by Gasteiger charge is -2.41. The lowest BCUT2D eigenvalue weighted by molar-refractivity contribution is -0.154. The van der Waals surface area contributed by atoms with Crippen LogP contribution in [-0.2, 0) is 14.3 Å². The van der Waals surface area contributed by atoms with Crippen molar-refractivity contribution in [1.29, 1.82) is 0 Å². The van der Waals surface area contributed by atoms with Gasteiger partial charge >= 0.3 is 11.9 Å². The molecule has 0 aromatic heterocycles.